The van der Waals surface area contributed by atoms with Crippen LogP contribution >= 0.6 is 11.3 Å². The summed E-state index contributed by atoms with van der Waals surface area (Å²) in [6.07, 6.45) is 0. The van der Waals surface area contributed by atoms with Crippen LogP contribution in [0.5, 0.6) is 11.5 Å². The molecule has 5 nitrogen and oxygen atoms in total. The molecule has 1 N–H and O–H groups in total. The summed E-state index contributed by atoms with van der Waals surface area (Å²) in [6, 6.07) is 4.60. The molecule has 2 aromatic rings. The Bertz CT molecular complexity index is 625. The molecule has 0 aliphatic rings. The van der Waals surface area contributed by atoms with E-state index in [1.165, 1.54) is 30.6 Å². The highest BCUT2D eigenvalue weighted by atomic mass is 32.1. The summed E-state index contributed by atoms with van der Waals surface area (Å²) in [5.41, 5.74) is 2.91. The summed E-state index contributed by atoms with van der Waals surface area (Å²) in [7, 11) is 3.21. The van der Waals surface area contributed by atoms with Crippen molar-refractivity contribution >= 4 is 17.2 Å². The monoisotopic (exact) mass is 292 g/mol. The van der Waals surface area contributed by atoms with Crippen molar-refractivity contribution in [3.8, 4) is 11.5 Å². The molecule has 0 spiro atoms. The highest BCUT2D eigenvalue weighted by Gasteiger charge is 2.18. The van der Waals surface area contributed by atoms with Gasteiger partial charge in [0.1, 0.15) is 11.5 Å². The molecule has 1 aromatic heterocycles. The van der Waals surface area contributed by atoms with Gasteiger partial charge in [0.15, 0.2) is 0 Å². The number of carbonyl (C=O) groups excluding carboxylic acids is 1. The third-order valence-corrected chi connectivity index (χ3v) is 3.93. The second kappa shape index (κ2) is 5.92. The second-order valence-electron chi connectivity index (χ2n) is 4.41. The van der Waals surface area contributed by atoms with E-state index in [-0.39, 0.29) is 17.2 Å². The molecule has 1 amide bonds. The number of thiazole rings is 1. The van der Waals surface area contributed by atoms with Crippen LogP contribution in [0.25, 0.3) is 0 Å². The van der Waals surface area contributed by atoms with Crippen LogP contribution in [0.15, 0.2) is 23.7 Å². The molecule has 0 aliphatic heterocycles. The largest absolute Gasteiger partial charge is 0.507 e. The van der Waals surface area contributed by atoms with Crippen LogP contribution in [0.4, 0.5) is 0 Å². The molecule has 1 heterocycles. The summed E-state index contributed by atoms with van der Waals surface area (Å²) in [5.74, 6) is 0.228. The zero-order chi connectivity index (χ0) is 14.7. The maximum atomic E-state index is 12.4. The molecular formula is C14H16N2O3S. The first-order valence-electron chi connectivity index (χ1n) is 6.04. The van der Waals surface area contributed by atoms with Gasteiger partial charge in [-0.2, -0.15) is 0 Å². The summed E-state index contributed by atoms with van der Waals surface area (Å²) in [4.78, 5) is 19.1. The lowest BCUT2D eigenvalue weighted by atomic mass is 10.1. The Kier molecular flexibility index (Phi) is 4.24. The van der Waals surface area contributed by atoms with Crippen LogP contribution in [-0.2, 0) is 6.54 Å². The van der Waals surface area contributed by atoms with Crippen molar-refractivity contribution in [2.75, 3.05) is 14.2 Å². The Balaban J connectivity index is 2.20. The van der Waals surface area contributed by atoms with E-state index in [9.17, 15) is 9.90 Å². The number of phenols is 1. The number of hydrogen-bond acceptors (Lipinski definition) is 5. The third-order valence-electron chi connectivity index (χ3n) is 3.01. The number of aromatic nitrogens is 1. The Labute approximate surface area is 121 Å². The van der Waals surface area contributed by atoms with Gasteiger partial charge < -0.3 is 14.7 Å². The van der Waals surface area contributed by atoms with Crippen LogP contribution < -0.4 is 4.74 Å². The Morgan fingerprint density at radius 2 is 2.25 bits per heavy atom. The van der Waals surface area contributed by atoms with Crippen LogP contribution in [0.1, 0.15) is 20.9 Å². The first-order chi connectivity index (χ1) is 9.52. The van der Waals surface area contributed by atoms with Crippen molar-refractivity contribution in [2.24, 2.45) is 0 Å². The van der Waals surface area contributed by atoms with E-state index in [2.05, 4.69) is 4.98 Å². The fourth-order valence-corrected chi connectivity index (χ4v) is 2.61. The molecule has 106 valence electrons. The number of methoxy groups -OCH3 is 1. The van der Waals surface area contributed by atoms with E-state index in [0.717, 1.165) is 10.6 Å². The predicted molar refractivity (Wildman–Crippen MR) is 77.3 cm³/mol. The molecule has 0 fully saturated rings. The van der Waals surface area contributed by atoms with E-state index >= 15 is 0 Å². The van der Waals surface area contributed by atoms with Gasteiger partial charge in [0.2, 0.25) is 0 Å². The summed E-state index contributed by atoms with van der Waals surface area (Å²) in [6.45, 7) is 2.37. The number of rotatable bonds is 4. The van der Waals surface area contributed by atoms with E-state index < -0.39 is 0 Å². The topological polar surface area (TPSA) is 62.7 Å². The molecule has 0 saturated carbocycles. The van der Waals surface area contributed by atoms with Crippen LogP contribution in [0.2, 0.25) is 0 Å². The second-order valence-corrected chi connectivity index (χ2v) is 5.34. The smallest absolute Gasteiger partial charge is 0.257 e. The predicted octanol–water partition coefficient (Wildman–Crippen LogP) is 2.44. The van der Waals surface area contributed by atoms with Crippen molar-refractivity contribution < 1.29 is 14.6 Å². The lowest BCUT2D eigenvalue weighted by Gasteiger charge is -2.17. The molecule has 1 aromatic carbocycles. The molecule has 0 bridgehead atoms. The van der Waals surface area contributed by atoms with Gasteiger partial charge in [-0.15, -0.1) is 11.3 Å². The highest BCUT2D eigenvalue weighted by molar-refractivity contribution is 7.09. The van der Waals surface area contributed by atoms with Crippen LogP contribution in [-0.4, -0.2) is 35.1 Å². The number of carbonyl (C=O) groups is 1. The average Bonchev–Trinajstić information content (AvgIpc) is 2.84. The number of ether oxygens (including phenoxy) is 1. The lowest BCUT2D eigenvalue weighted by molar-refractivity contribution is 0.0783. The van der Waals surface area contributed by atoms with E-state index in [0.29, 0.717) is 12.3 Å². The number of benzene rings is 1. The Morgan fingerprint density at radius 3 is 2.85 bits per heavy atom. The van der Waals surface area contributed by atoms with Crippen molar-refractivity contribution in [3.63, 3.8) is 0 Å². The molecule has 0 atom stereocenters. The van der Waals surface area contributed by atoms with Gasteiger partial charge in [0.05, 0.1) is 30.4 Å². The molecule has 0 unspecified atom stereocenters. The zero-order valence-electron chi connectivity index (χ0n) is 11.6. The fourth-order valence-electron chi connectivity index (χ4n) is 1.78. The average molecular weight is 292 g/mol. The maximum absolute atomic E-state index is 12.4. The quantitative estimate of drug-likeness (QED) is 0.940. The fraction of sp³-hybridized carbons (Fsp3) is 0.286. The Hall–Kier alpha value is -2.08. The van der Waals surface area contributed by atoms with E-state index in [1.54, 1.807) is 23.5 Å². The number of phenolic OH excluding ortho intramolecular Hbond substituents is 1. The van der Waals surface area contributed by atoms with Gasteiger partial charge in [-0.1, -0.05) is 0 Å². The normalized spacial score (nSPS) is 10.3. The number of amides is 1. The maximum Gasteiger partial charge on any atom is 0.257 e. The van der Waals surface area contributed by atoms with E-state index in [4.69, 9.17) is 4.74 Å². The molecular weight excluding hydrogens is 276 g/mol. The molecule has 2 rings (SSSR count). The molecule has 0 saturated heterocycles. The minimum absolute atomic E-state index is 0.0522. The van der Waals surface area contributed by atoms with Crippen molar-refractivity contribution in [2.45, 2.75) is 13.5 Å². The number of aromatic hydroxyl groups is 1. The third kappa shape index (κ3) is 2.91. The SMILES string of the molecule is COc1ccc(O)c(C(=O)N(C)Cc2scnc2C)c1. The molecule has 0 aliphatic carbocycles. The number of aryl methyl sites for hydroxylation is 1. The number of hydrogen-bond donors (Lipinski definition) is 1. The highest BCUT2D eigenvalue weighted by Crippen LogP contribution is 2.25. The minimum atomic E-state index is -0.255. The molecule has 0 radical (unpaired) electrons. The van der Waals surface area contributed by atoms with Gasteiger partial charge >= 0.3 is 0 Å². The first kappa shape index (κ1) is 14.3. The van der Waals surface area contributed by atoms with Crippen LogP contribution in [0.3, 0.4) is 0 Å². The lowest BCUT2D eigenvalue weighted by Crippen LogP contribution is -2.26. The molecule has 6 heteroatoms. The molecule has 20 heavy (non-hydrogen) atoms. The van der Waals surface area contributed by atoms with Crippen molar-refractivity contribution in [3.05, 3.63) is 39.8 Å². The van der Waals surface area contributed by atoms with Gasteiger partial charge in [0.25, 0.3) is 5.91 Å². The van der Waals surface area contributed by atoms with Gasteiger partial charge in [-0.05, 0) is 25.1 Å². The van der Waals surface area contributed by atoms with Gasteiger partial charge in [-0.3, -0.25) is 4.79 Å². The Morgan fingerprint density at radius 1 is 1.50 bits per heavy atom. The first-order valence-corrected chi connectivity index (χ1v) is 6.92. The van der Waals surface area contributed by atoms with Crippen molar-refractivity contribution in [1.29, 1.82) is 0 Å². The standard InChI is InChI=1S/C14H16N2O3S/c1-9-13(20-8-15-9)7-16(2)14(18)11-6-10(19-3)4-5-12(11)17/h4-6,8,17H,7H2,1-3H3. The van der Waals surface area contributed by atoms with Crippen molar-refractivity contribution in [1.82, 2.24) is 9.88 Å². The number of nitrogens with zero attached hydrogens (tertiary/aromatic N) is 2. The zero-order valence-corrected chi connectivity index (χ0v) is 12.4. The summed E-state index contributed by atoms with van der Waals surface area (Å²) < 4.78 is 5.07. The van der Waals surface area contributed by atoms with Gasteiger partial charge in [0, 0.05) is 11.9 Å². The minimum Gasteiger partial charge on any atom is -0.507 e. The van der Waals surface area contributed by atoms with E-state index in [1.807, 2.05) is 6.92 Å². The van der Waals surface area contributed by atoms with Crippen LogP contribution in [0, 0.1) is 6.92 Å². The summed E-state index contributed by atoms with van der Waals surface area (Å²) >= 11 is 1.51. The van der Waals surface area contributed by atoms with Gasteiger partial charge in [-0.25, -0.2) is 4.98 Å². The summed E-state index contributed by atoms with van der Waals surface area (Å²) in [5, 5.41) is 9.82.